The van der Waals surface area contributed by atoms with Crippen LogP contribution in [0.25, 0.3) is 0 Å². The van der Waals surface area contributed by atoms with E-state index in [0.29, 0.717) is 46.6 Å². The van der Waals surface area contributed by atoms with E-state index in [9.17, 15) is 13.4 Å². The lowest BCUT2D eigenvalue weighted by molar-refractivity contribution is 0.151. The van der Waals surface area contributed by atoms with Crippen LogP contribution in [0.4, 0.5) is 19.3 Å². The number of allylic oxidation sites excluding steroid dienone is 3. The number of rotatable bonds is 5. The number of hydrogen-bond donors (Lipinski definition) is 1. The van der Waals surface area contributed by atoms with E-state index >= 15 is 4.39 Å². The summed E-state index contributed by atoms with van der Waals surface area (Å²) in [5, 5.41) is 3.93. The molecule has 1 aliphatic heterocycles. The molecule has 2 unspecified atom stereocenters. The van der Waals surface area contributed by atoms with Gasteiger partial charge in [0.1, 0.15) is 22.6 Å². The highest BCUT2D eigenvalue weighted by Gasteiger charge is 2.37. The average Bonchev–Trinajstić information content (AvgIpc) is 3.02. The van der Waals surface area contributed by atoms with Gasteiger partial charge in [-0.1, -0.05) is 23.2 Å². The molecule has 1 heterocycles. The molecule has 2 aliphatic rings. The second-order valence-electron chi connectivity index (χ2n) is 8.44. The molecule has 1 aliphatic carbocycles. The van der Waals surface area contributed by atoms with Crippen LogP contribution in [-0.2, 0) is 11.0 Å². The second-order valence-corrected chi connectivity index (χ2v) is 10.7. The number of nitrogens with zero attached hydrogens (tertiary/aromatic N) is 2. The van der Waals surface area contributed by atoms with Gasteiger partial charge in [-0.05, 0) is 79.9 Å². The van der Waals surface area contributed by atoms with Crippen LogP contribution in [0.5, 0.6) is 0 Å². The van der Waals surface area contributed by atoms with Crippen molar-refractivity contribution in [1.29, 1.82) is 0 Å². The van der Waals surface area contributed by atoms with Crippen LogP contribution in [-0.4, -0.2) is 44.6 Å². The summed E-state index contributed by atoms with van der Waals surface area (Å²) in [4.78, 5) is 14.9. The van der Waals surface area contributed by atoms with E-state index in [1.807, 2.05) is 0 Å². The Kier molecular flexibility index (Phi) is 8.59. The van der Waals surface area contributed by atoms with Crippen LogP contribution < -0.4 is 5.32 Å². The smallest absolute Gasteiger partial charge is 0.321 e. The van der Waals surface area contributed by atoms with Gasteiger partial charge in [-0.2, -0.15) is 0 Å². The van der Waals surface area contributed by atoms with Crippen LogP contribution in [0, 0.1) is 0 Å². The first kappa shape index (κ1) is 25.8. The number of carbonyl (C=O) groups excluding carboxylic acids is 1. The first-order chi connectivity index (χ1) is 16.8. The number of benzene rings is 2. The molecule has 1 saturated heterocycles. The zero-order valence-corrected chi connectivity index (χ0v) is 21.1. The van der Waals surface area contributed by atoms with Crippen molar-refractivity contribution >= 4 is 45.9 Å². The number of anilines is 1. The number of nitrogens with one attached hydrogen (secondary N) is 1. The summed E-state index contributed by atoms with van der Waals surface area (Å²) < 4.78 is 44.3. The van der Waals surface area contributed by atoms with Crippen molar-refractivity contribution in [3.8, 4) is 0 Å². The molecule has 186 valence electrons. The van der Waals surface area contributed by atoms with Crippen LogP contribution in [0.3, 0.4) is 0 Å². The van der Waals surface area contributed by atoms with Crippen LogP contribution in [0.15, 0.2) is 77.2 Å². The van der Waals surface area contributed by atoms with Crippen LogP contribution in [0.1, 0.15) is 25.7 Å². The lowest BCUT2D eigenvalue weighted by Crippen LogP contribution is -2.51. The Morgan fingerprint density at radius 2 is 1.54 bits per heavy atom. The fourth-order valence-corrected chi connectivity index (χ4v) is 6.05. The van der Waals surface area contributed by atoms with Gasteiger partial charge in [0.2, 0.25) is 0 Å². The summed E-state index contributed by atoms with van der Waals surface area (Å²) in [7, 11) is -1.70. The van der Waals surface area contributed by atoms with Gasteiger partial charge in [-0.3, -0.25) is 0 Å². The van der Waals surface area contributed by atoms with Crippen LogP contribution >= 0.6 is 23.2 Å². The molecule has 0 spiro atoms. The van der Waals surface area contributed by atoms with E-state index in [2.05, 4.69) is 5.32 Å². The van der Waals surface area contributed by atoms with Crippen molar-refractivity contribution in [2.45, 2.75) is 42.7 Å². The largest absolute Gasteiger partial charge is 0.324 e. The standard InChI is InChI=1S/C25H25Cl2F2N3O2S/c26-17-1-7-20(8-2-17)30-25(33)31-15-13-21(14-16-31)32(24-12-6-19(28)5-11-23(24)29)35(34)22-9-3-18(27)4-10-22/h1-5,7-11,21,24H,6,12-16H2,(H,30,33). The molecule has 0 aromatic heterocycles. The van der Waals surface area contributed by atoms with Crippen molar-refractivity contribution in [1.82, 2.24) is 9.21 Å². The molecule has 5 nitrogen and oxygen atoms in total. The number of halogens is 4. The van der Waals surface area contributed by atoms with Crippen molar-refractivity contribution in [2.75, 3.05) is 18.4 Å². The lowest BCUT2D eigenvalue weighted by Gasteiger charge is -2.40. The molecule has 35 heavy (non-hydrogen) atoms. The Labute approximate surface area is 216 Å². The van der Waals surface area contributed by atoms with Gasteiger partial charge in [0.25, 0.3) is 0 Å². The second kappa shape index (κ2) is 11.6. The van der Waals surface area contributed by atoms with Crippen LogP contribution in [0.2, 0.25) is 10.0 Å². The van der Waals surface area contributed by atoms with Gasteiger partial charge in [0, 0.05) is 41.3 Å². The van der Waals surface area contributed by atoms with E-state index < -0.39 is 28.7 Å². The zero-order chi connectivity index (χ0) is 24.9. The number of carbonyl (C=O) groups is 1. The monoisotopic (exact) mass is 539 g/mol. The third-order valence-electron chi connectivity index (χ3n) is 6.12. The SMILES string of the molecule is O=C(Nc1ccc(Cl)cc1)N1CCC(N(C2CCC(F)=CC=C2F)S(=O)c2ccc(Cl)cc2)CC1. The number of likely N-dealkylation sites (tertiary alicyclic amines) is 1. The Bertz CT molecular complexity index is 1130. The van der Waals surface area contributed by atoms with E-state index in [-0.39, 0.29) is 24.9 Å². The molecule has 4 rings (SSSR count). The quantitative estimate of drug-likeness (QED) is 0.450. The summed E-state index contributed by atoms with van der Waals surface area (Å²) in [5.74, 6) is -0.934. The summed E-state index contributed by atoms with van der Waals surface area (Å²) >= 11 is 11.9. The van der Waals surface area contributed by atoms with E-state index in [0.717, 1.165) is 12.2 Å². The topological polar surface area (TPSA) is 52.7 Å². The maximum atomic E-state index is 15.1. The Morgan fingerprint density at radius 3 is 2.17 bits per heavy atom. The minimum absolute atomic E-state index is 0.0608. The predicted octanol–water partition coefficient (Wildman–Crippen LogP) is 6.88. The molecular formula is C25H25Cl2F2N3O2S. The Hall–Kier alpha value is -2.26. The number of urea groups is 1. The van der Waals surface area contributed by atoms with Gasteiger partial charge in [0.15, 0.2) is 0 Å². The number of piperidine rings is 1. The minimum atomic E-state index is -1.70. The predicted molar refractivity (Wildman–Crippen MR) is 136 cm³/mol. The van der Waals surface area contributed by atoms with Gasteiger partial charge in [0.05, 0.1) is 10.9 Å². The third-order valence-corrected chi connectivity index (χ3v) is 8.23. The highest BCUT2D eigenvalue weighted by molar-refractivity contribution is 7.82. The molecule has 2 aromatic carbocycles. The molecule has 0 saturated carbocycles. The normalized spacial score (nSPS) is 20.1. The Morgan fingerprint density at radius 1 is 0.943 bits per heavy atom. The fraction of sp³-hybridized carbons (Fsp3) is 0.320. The number of amides is 2. The molecular weight excluding hydrogens is 515 g/mol. The Balaban J connectivity index is 1.50. The minimum Gasteiger partial charge on any atom is -0.324 e. The molecule has 0 radical (unpaired) electrons. The van der Waals surface area contributed by atoms with Crippen molar-refractivity contribution in [2.24, 2.45) is 0 Å². The maximum Gasteiger partial charge on any atom is 0.321 e. The molecule has 2 aromatic rings. The van der Waals surface area contributed by atoms with Crippen molar-refractivity contribution < 1.29 is 17.8 Å². The summed E-state index contributed by atoms with van der Waals surface area (Å²) in [6.07, 6.45) is 3.46. The van der Waals surface area contributed by atoms with E-state index in [4.69, 9.17) is 23.2 Å². The maximum absolute atomic E-state index is 15.1. The van der Waals surface area contributed by atoms with Gasteiger partial charge < -0.3 is 10.2 Å². The molecule has 10 heteroatoms. The van der Waals surface area contributed by atoms with E-state index in [1.165, 1.54) is 0 Å². The third kappa shape index (κ3) is 6.50. The molecule has 2 atom stereocenters. The van der Waals surface area contributed by atoms with Gasteiger partial charge in [-0.25, -0.2) is 22.1 Å². The van der Waals surface area contributed by atoms with E-state index in [1.54, 1.807) is 57.7 Å². The highest BCUT2D eigenvalue weighted by atomic mass is 35.5. The molecule has 2 amide bonds. The van der Waals surface area contributed by atoms with Gasteiger partial charge in [-0.15, -0.1) is 0 Å². The fourth-order valence-electron chi connectivity index (χ4n) is 4.26. The molecule has 1 fully saturated rings. The van der Waals surface area contributed by atoms with Crippen molar-refractivity contribution in [3.63, 3.8) is 0 Å². The van der Waals surface area contributed by atoms with Crippen molar-refractivity contribution in [3.05, 3.63) is 82.4 Å². The average molecular weight is 540 g/mol. The first-order valence-corrected chi connectivity index (χ1v) is 13.2. The van der Waals surface area contributed by atoms with Gasteiger partial charge >= 0.3 is 6.03 Å². The zero-order valence-electron chi connectivity index (χ0n) is 18.8. The number of hydrogen-bond acceptors (Lipinski definition) is 2. The molecule has 0 bridgehead atoms. The summed E-state index contributed by atoms with van der Waals surface area (Å²) in [6.45, 7) is 0.812. The first-order valence-electron chi connectivity index (χ1n) is 11.3. The molecule has 1 N–H and O–H groups in total. The summed E-state index contributed by atoms with van der Waals surface area (Å²) in [5.41, 5.74) is 0.632. The summed E-state index contributed by atoms with van der Waals surface area (Å²) in [6, 6.07) is 12.1. The highest BCUT2D eigenvalue weighted by Crippen LogP contribution is 2.32. The lowest BCUT2D eigenvalue weighted by atomic mass is 10.0.